The fourth-order valence-corrected chi connectivity index (χ4v) is 5.49. The Morgan fingerprint density at radius 2 is 1.62 bits per heavy atom. The van der Waals surface area contributed by atoms with Gasteiger partial charge in [0, 0.05) is 28.2 Å². The van der Waals surface area contributed by atoms with E-state index in [-0.39, 0.29) is 11.5 Å². The van der Waals surface area contributed by atoms with Gasteiger partial charge in [0.2, 0.25) is 0 Å². The number of ether oxygens (including phenoxy) is 1. The molecule has 0 saturated heterocycles. The molecule has 6 nitrogen and oxygen atoms in total. The average Bonchev–Trinajstić information content (AvgIpc) is 3.19. The molecule has 0 amide bonds. The monoisotopic (exact) mass is 532 g/mol. The SMILES string of the molecule is COc1cc(C)c(-c2nc3ccccc3c(=O)n2N=Cc2cc(C)n(-c3cc(C)cc(C)c3)c2C)cc1C(C)C. The van der Waals surface area contributed by atoms with Crippen LogP contribution in [0.25, 0.3) is 28.0 Å². The van der Waals surface area contributed by atoms with Gasteiger partial charge in [-0.25, -0.2) is 4.98 Å². The molecule has 0 atom stereocenters. The molecule has 0 bridgehead atoms. The van der Waals surface area contributed by atoms with Gasteiger partial charge in [0.05, 0.1) is 24.2 Å². The highest BCUT2D eigenvalue weighted by Crippen LogP contribution is 2.34. The molecule has 0 aliphatic carbocycles. The maximum atomic E-state index is 13.8. The van der Waals surface area contributed by atoms with E-state index in [2.05, 4.69) is 76.4 Å². The first-order chi connectivity index (χ1) is 19.1. The molecule has 2 heterocycles. The lowest BCUT2D eigenvalue weighted by Crippen LogP contribution is -2.21. The molecule has 3 aromatic carbocycles. The number of para-hydroxylation sites is 1. The van der Waals surface area contributed by atoms with E-state index in [0.29, 0.717) is 16.7 Å². The van der Waals surface area contributed by atoms with Gasteiger partial charge in [0.1, 0.15) is 5.75 Å². The van der Waals surface area contributed by atoms with Crippen molar-refractivity contribution in [2.24, 2.45) is 5.10 Å². The van der Waals surface area contributed by atoms with Crippen molar-refractivity contribution in [3.05, 3.63) is 110 Å². The summed E-state index contributed by atoms with van der Waals surface area (Å²) in [4.78, 5) is 18.8. The quantitative estimate of drug-likeness (QED) is 0.214. The molecule has 0 unspecified atom stereocenters. The summed E-state index contributed by atoms with van der Waals surface area (Å²) in [6, 6.07) is 20.1. The van der Waals surface area contributed by atoms with Crippen LogP contribution >= 0.6 is 0 Å². The number of benzene rings is 3. The third-order valence-electron chi connectivity index (χ3n) is 7.44. The Morgan fingerprint density at radius 3 is 2.30 bits per heavy atom. The summed E-state index contributed by atoms with van der Waals surface area (Å²) >= 11 is 0. The lowest BCUT2D eigenvalue weighted by atomic mass is 9.96. The van der Waals surface area contributed by atoms with Crippen molar-refractivity contribution in [2.45, 2.75) is 54.4 Å². The standard InChI is InChI=1S/C34H36N4O2/c1-20(2)29-18-30(23(5)16-32(29)40-8)33-36-31-12-10-9-11-28(31)34(39)38(33)35-19-26-17-24(6)37(25(26)7)27-14-21(3)13-22(4)15-27/h9-20H,1-8H3. The zero-order valence-corrected chi connectivity index (χ0v) is 24.5. The second kappa shape index (κ2) is 10.6. The van der Waals surface area contributed by atoms with Gasteiger partial charge in [-0.05, 0) is 105 Å². The molecule has 0 radical (unpaired) electrons. The molecule has 0 saturated carbocycles. The van der Waals surface area contributed by atoms with Crippen LogP contribution in [0.1, 0.15) is 59.0 Å². The molecule has 0 fully saturated rings. The Kier molecular flexibility index (Phi) is 7.19. The first-order valence-corrected chi connectivity index (χ1v) is 13.6. The normalized spacial score (nSPS) is 11.7. The fraction of sp³-hybridized carbons (Fsp3) is 0.265. The Labute approximate surface area is 235 Å². The minimum Gasteiger partial charge on any atom is -0.496 e. The maximum absolute atomic E-state index is 13.8. The average molecular weight is 533 g/mol. The minimum absolute atomic E-state index is 0.207. The van der Waals surface area contributed by atoms with Crippen molar-refractivity contribution in [2.75, 3.05) is 7.11 Å². The predicted molar refractivity (Wildman–Crippen MR) is 165 cm³/mol. The van der Waals surface area contributed by atoms with E-state index >= 15 is 0 Å². The highest BCUT2D eigenvalue weighted by atomic mass is 16.5. The van der Waals surface area contributed by atoms with Crippen molar-refractivity contribution in [1.82, 2.24) is 14.2 Å². The van der Waals surface area contributed by atoms with Gasteiger partial charge >= 0.3 is 0 Å². The van der Waals surface area contributed by atoms with Gasteiger partial charge in [-0.3, -0.25) is 4.79 Å². The molecule has 0 aliphatic rings. The topological polar surface area (TPSA) is 61.4 Å². The number of aryl methyl sites for hydroxylation is 4. The summed E-state index contributed by atoms with van der Waals surface area (Å²) in [5.41, 5.74) is 9.94. The van der Waals surface area contributed by atoms with Crippen LogP contribution in [0.2, 0.25) is 0 Å². The number of aromatic nitrogens is 3. The Hall–Kier alpha value is -4.45. The lowest BCUT2D eigenvalue weighted by molar-refractivity contribution is 0.407. The second-order valence-corrected chi connectivity index (χ2v) is 10.9. The number of hydrogen-bond acceptors (Lipinski definition) is 4. The summed E-state index contributed by atoms with van der Waals surface area (Å²) < 4.78 is 9.33. The van der Waals surface area contributed by atoms with E-state index in [9.17, 15) is 4.79 Å². The van der Waals surface area contributed by atoms with Gasteiger partial charge in [0.15, 0.2) is 5.82 Å². The molecule has 2 aromatic heterocycles. The maximum Gasteiger partial charge on any atom is 0.282 e. The van der Waals surface area contributed by atoms with Crippen LogP contribution in [0, 0.1) is 34.6 Å². The van der Waals surface area contributed by atoms with Crippen molar-refractivity contribution in [1.29, 1.82) is 0 Å². The van der Waals surface area contributed by atoms with Crippen LogP contribution in [-0.4, -0.2) is 27.6 Å². The van der Waals surface area contributed by atoms with Crippen molar-refractivity contribution in [3.8, 4) is 22.8 Å². The Balaban J connectivity index is 1.71. The zero-order chi connectivity index (χ0) is 28.7. The summed E-state index contributed by atoms with van der Waals surface area (Å²) in [6.45, 7) is 14.7. The number of nitrogens with zero attached hydrogens (tertiary/aromatic N) is 4. The largest absolute Gasteiger partial charge is 0.496 e. The zero-order valence-electron chi connectivity index (χ0n) is 24.5. The van der Waals surface area contributed by atoms with Crippen LogP contribution in [0.15, 0.2) is 70.6 Å². The van der Waals surface area contributed by atoms with Crippen LogP contribution < -0.4 is 10.3 Å². The van der Waals surface area contributed by atoms with Crippen LogP contribution in [-0.2, 0) is 0 Å². The molecule has 0 N–H and O–H groups in total. The fourth-order valence-electron chi connectivity index (χ4n) is 5.49. The van der Waals surface area contributed by atoms with Crippen molar-refractivity contribution >= 4 is 17.1 Å². The third-order valence-corrected chi connectivity index (χ3v) is 7.44. The summed E-state index contributed by atoms with van der Waals surface area (Å²) in [6.07, 6.45) is 1.77. The first kappa shape index (κ1) is 27.1. The van der Waals surface area contributed by atoms with Gasteiger partial charge in [-0.1, -0.05) is 32.0 Å². The summed E-state index contributed by atoms with van der Waals surface area (Å²) in [5.74, 6) is 1.56. The Morgan fingerprint density at radius 1 is 0.925 bits per heavy atom. The van der Waals surface area contributed by atoms with Crippen LogP contribution in [0.4, 0.5) is 0 Å². The Bertz CT molecular complexity index is 1820. The highest BCUT2D eigenvalue weighted by Gasteiger charge is 2.19. The molecule has 204 valence electrons. The van der Waals surface area contributed by atoms with Gasteiger partial charge in [-0.15, -0.1) is 0 Å². The summed E-state index contributed by atoms with van der Waals surface area (Å²) in [5, 5.41) is 5.30. The van der Waals surface area contributed by atoms with E-state index < -0.39 is 0 Å². The number of rotatable bonds is 6. The van der Waals surface area contributed by atoms with Crippen molar-refractivity contribution < 1.29 is 4.74 Å². The highest BCUT2D eigenvalue weighted by molar-refractivity contribution is 5.84. The molecule has 6 heteroatoms. The van der Waals surface area contributed by atoms with E-state index in [1.165, 1.54) is 15.8 Å². The molecule has 5 rings (SSSR count). The van der Waals surface area contributed by atoms with Crippen molar-refractivity contribution in [3.63, 3.8) is 0 Å². The minimum atomic E-state index is -0.207. The van der Waals surface area contributed by atoms with Crippen LogP contribution in [0.3, 0.4) is 0 Å². The van der Waals surface area contributed by atoms with Crippen LogP contribution in [0.5, 0.6) is 5.75 Å². The molecular formula is C34H36N4O2. The summed E-state index contributed by atoms with van der Waals surface area (Å²) in [7, 11) is 1.68. The van der Waals surface area contributed by atoms with Gasteiger partial charge in [0.25, 0.3) is 5.56 Å². The lowest BCUT2D eigenvalue weighted by Gasteiger charge is -2.17. The number of fused-ring (bicyclic) bond motifs is 1. The van der Waals surface area contributed by atoms with Gasteiger partial charge in [-0.2, -0.15) is 9.78 Å². The van der Waals surface area contributed by atoms with Gasteiger partial charge < -0.3 is 9.30 Å². The molecule has 5 aromatic rings. The number of methoxy groups -OCH3 is 1. The molecule has 40 heavy (non-hydrogen) atoms. The molecular weight excluding hydrogens is 496 g/mol. The van der Waals surface area contributed by atoms with E-state index in [4.69, 9.17) is 14.8 Å². The van der Waals surface area contributed by atoms with E-state index in [1.54, 1.807) is 19.4 Å². The second-order valence-electron chi connectivity index (χ2n) is 10.9. The van der Waals surface area contributed by atoms with E-state index in [0.717, 1.165) is 45.1 Å². The van der Waals surface area contributed by atoms with E-state index in [1.807, 2.05) is 31.2 Å². The third kappa shape index (κ3) is 4.86. The smallest absolute Gasteiger partial charge is 0.282 e. The first-order valence-electron chi connectivity index (χ1n) is 13.6. The molecule has 0 aliphatic heterocycles. The predicted octanol–water partition coefficient (Wildman–Crippen LogP) is 7.41. The molecule has 0 spiro atoms. The number of hydrogen-bond donors (Lipinski definition) is 0.